The molecule has 6 nitrogen and oxygen atoms in total. The van der Waals surface area contributed by atoms with Gasteiger partial charge in [-0.05, 0) is 65.1 Å². The molecular formula is C29H35F3N3O3S+. The number of rotatable bonds is 10. The number of hydrogen-bond donors (Lipinski definition) is 0. The molecule has 3 aromatic rings. The van der Waals surface area contributed by atoms with Crippen molar-refractivity contribution in [3.63, 3.8) is 0 Å². The van der Waals surface area contributed by atoms with Crippen LogP contribution in [0.2, 0.25) is 0 Å². The molecule has 39 heavy (non-hydrogen) atoms. The molecule has 0 bridgehead atoms. The van der Waals surface area contributed by atoms with Crippen LogP contribution in [0, 0.1) is 5.92 Å². The van der Waals surface area contributed by atoms with Crippen LogP contribution in [0.3, 0.4) is 0 Å². The minimum absolute atomic E-state index is 0.0151. The zero-order valence-corrected chi connectivity index (χ0v) is 23.4. The average Bonchev–Trinajstić information content (AvgIpc) is 3.37. The summed E-state index contributed by atoms with van der Waals surface area (Å²) in [6.45, 7) is 0.0726. The summed E-state index contributed by atoms with van der Waals surface area (Å²) in [7, 11) is 1.58. The Kier molecular flexibility index (Phi) is 9.71. The Morgan fingerprint density at radius 2 is 1.56 bits per heavy atom. The van der Waals surface area contributed by atoms with E-state index in [1.165, 1.54) is 12.7 Å². The van der Waals surface area contributed by atoms with Crippen molar-refractivity contribution in [1.29, 1.82) is 0 Å². The molecule has 10 heteroatoms. The predicted molar refractivity (Wildman–Crippen MR) is 147 cm³/mol. The third kappa shape index (κ3) is 7.85. The standard InChI is InChI=1S/C29H35F3N3O3S/c1-37-26(36)18-20-4-6-21(7-5-20)22-8-10-23(11-9-22)24-12-14-25(15-13-24)27-33-28(29(30,31)32)35(34-27)19-38-16-17-39(2)3/h8-15,20-21H,4-7,16-19H2,1-3H3/q+1. The average molecular weight is 563 g/mol. The lowest BCUT2D eigenvalue weighted by Gasteiger charge is -2.28. The maximum Gasteiger partial charge on any atom is 0.451 e. The van der Waals surface area contributed by atoms with E-state index in [0.29, 0.717) is 30.4 Å². The number of benzene rings is 2. The van der Waals surface area contributed by atoms with E-state index in [2.05, 4.69) is 46.9 Å². The lowest BCUT2D eigenvalue weighted by Crippen LogP contribution is -2.19. The van der Waals surface area contributed by atoms with Crippen LogP contribution in [0.5, 0.6) is 0 Å². The smallest absolute Gasteiger partial charge is 0.451 e. The van der Waals surface area contributed by atoms with Crippen LogP contribution < -0.4 is 0 Å². The number of ether oxygens (including phenoxy) is 2. The SMILES string of the molecule is COC(=O)CC1CCC(c2ccc(-c3ccc(-c4nc(C(F)(F)F)n(COCC[S+](C)C)n4)cc3)cc2)CC1. The second kappa shape index (κ2) is 13.0. The number of aromatic nitrogens is 3. The second-order valence-electron chi connectivity index (χ2n) is 10.2. The Balaban J connectivity index is 1.40. The van der Waals surface area contributed by atoms with Gasteiger partial charge in [-0.25, -0.2) is 9.67 Å². The van der Waals surface area contributed by atoms with Gasteiger partial charge in [0.15, 0.2) is 5.82 Å². The van der Waals surface area contributed by atoms with Crippen LogP contribution in [0.25, 0.3) is 22.5 Å². The number of methoxy groups -OCH3 is 1. The molecule has 210 valence electrons. The summed E-state index contributed by atoms with van der Waals surface area (Å²) in [6.07, 6.45) is 4.13. The van der Waals surface area contributed by atoms with Crippen molar-refractivity contribution in [2.24, 2.45) is 5.92 Å². The van der Waals surface area contributed by atoms with Crippen LogP contribution in [0.15, 0.2) is 48.5 Å². The van der Waals surface area contributed by atoms with E-state index < -0.39 is 12.0 Å². The van der Waals surface area contributed by atoms with Crippen LogP contribution in [-0.2, 0) is 38.1 Å². The highest BCUT2D eigenvalue weighted by molar-refractivity contribution is 7.95. The summed E-state index contributed by atoms with van der Waals surface area (Å²) in [5.74, 6) is 0.477. The van der Waals surface area contributed by atoms with Crippen molar-refractivity contribution in [1.82, 2.24) is 14.8 Å². The monoisotopic (exact) mass is 562 g/mol. The molecular weight excluding hydrogens is 527 g/mol. The first-order valence-corrected chi connectivity index (χ1v) is 15.3. The minimum Gasteiger partial charge on any atom is -0.469 e. The molecule has 0 spiro atoms. The lowest BCUT2D eigenvalue weighted by molar-refractivity contribution is -0.150. The van der Waals surface area contributed by atoms with Crippen molar-refractivity contribution in [3.8, 4) is 22.5 Å². The normalized spacial score (nSPS) is 17.9. The number of alkyl halides is 3. The lowest BCUT2D eigenvalue weighted by atomic mass is 9.77. The fourth-order valence-corrected chi connectivity index (χ4v) is 5.37. The molecule has 0 radical (unpaired) electrons. The second-order valence-corrected chi connectivity index (χ2v) is 12.6. The maximum absolute atomic E-state index is 13.6. The zero-order chi connectivity index (χ0) is 28.0. The topological polar surface area (TPSA) is 66.2 Å². The molecule has 0 N–H and O–H groups in total. The number of carbonyl (C=O) groups excluding carboxylic acids is 1. The van der Waals surface area contributed by atoms with Gasteiger partial charge in [0, 0.05) is 12.0 Å². The van der Waals surface area contributed by atoms with Crippen molar-refractivity contribution in [3.05, 3.63) is 59.9 Å². The molecule has 0 unspecified atom stereocenters. The Morgan fingerprint density at radius 1 is 0.974 bits per heavy atom. The summed E-state index contributed by atoms with van der Waals surface area (Å²) in [5.41, 5.74) is 3.78. The van der Waals surface area contributed by atoms with Gasteiger partial charge in [0.25, 0.3) is 0 Å². The summed E-state index contributed by atoms with van der Waals surface area (Å²) in [5, 5.41) is 4.09. The largest absolute Gasteiger partial charge is 0.469 e. The number of hydrogen-bond acceptors (Lipinski definition) is 5. The van der Waals surface area contributed by atoms with E-state index >= 15 is 0 Å². The number of carbonyl (C=O) groups is 1. The highest BCUT2D eigenvalue weighted by Crippen LogP contribution is 2.38. The predicted octanol–water partition coefficient (Wildman–Crippen LogP) is 6.32. The molecule has 1 aliphatic rings. The van der Waals surface area contributed by atoms with Gasteiger partial charge in [0.1, 0.15) is 12.5 Å². The van der Waals surface area contributed by atoms with Crippen molar-refractivity contribution in [2.75, 3.05) is 32.0 Å². The van der Waals surface area contributed by atoms with Gasteiger partial charge in [0.05, 0.1) is 26.2 Å². The molecule has 2 aromatic carbocycles. The van der Waals surface area contributed by atoms with Gasteiger partial charge in [0.2, 0.25) is 5.82 Å². The quantitative estimate of drug-likeness (QED) is 0.164. The van der Waals surface area contributed by atoms with Crippen molar-refractivity contribution >= 4 is 16.9 Å². The molecule has 0 amide bonds. The molecule has 0 atom stereocenters. The van der Waals surface area contributed by atoms with Crippen LogP contribution in [0.1, 0.15) is 49.4 Å². The number of nitrogens with zero attached hydrogens (tertiary/aromatic N) is 3. The van der Waals surface area contributed by atoms with Crippen molar-refractivity contribution in [2.45, 2.75) is 50.9 Å². The first-order chi connectivity index (χ1) is 18.6. The van der Waals surface area contributed by atoms with E-state index in [4.69, 9.17) is 9.47 Å². The molecule has 1 heterocycles. The van der Waals surface area contributed by atoms with Crippen LogP contribution in [0.4, 0.5) is 13.2 Å². The molecule has 1 aliphatic carbocycles. The van der Waals surface area contributed by atoms with E-state index in [-0.39, 0.29) is 29.4 Å². The highest BCUT2D eigenvalue weighted by Gasteiger charge is 2.38. The maximum atomic E-state index is 13.6. The first-order valence-electron chi connectivity index (χ1n) is 13.1. The Bertz CT molecular complexity index is 1220. The molecule has 0 saturated heterocycles. The molecule has 1 saturated carbocycles. The summed E-state index contributed by atoms with van der Waals surface area (Å²) in [4.78, 5) is 15.3. The Labute approximate surface area is 230 Å². The van der Waals surface area contributed by atoms with E-state index in [0.717, 1.165) is 47.2 Å². The fourth-order valence-electron chi connectivity index (χ4n) is 4.92. The number of halogens is 3. The Morgan fingerprint density at radius 3 is 2.13 bits per heavy atom. The first kappa shape index (κ1) is 29.1. The Hall–Kier alpha value is -2.85. The van der Waals surface area contributed by atoms with Crippen molar-refractivity contribution < 1.29 is 27.4 Å². The van der Waals surface area contributed by atoms with E-state index in [1.54, 1.807) is 12.1 Å². The third-order valence-electron chi connectivity index (χ3n) is 7.16. The summed E-state index contributed by atoms with van der Waals surface area (Å²) < 4.78 is 51.7. The summed E-state index contributed by atoms with van der Waals surface area (Å²) in [6, 6.07) is 15.7. The van der Waals surface area contributed by atoms with Crippen LogP contribution in [-0.4, -0.2) is 52.7 Å². The fraction of sp³-hybridized carbons (Fsp3) is 0.483. The molecule has 1 aromatic heterocycles. The van der Waals surface area contributed by atoms with Crippen LogP contribution >= 0.6 is 0 Å². The van der Waals surface area contributed by atoms with E-state index in [1.807, 2.05) is 12.1 Å². The minimum atomic E-state index is -4.63. The highest BCUT2D eigenvalue weighted by atomic mass is 32.2. The zero-order valence-electron chi connectivity index (χ0n) is 22.5. The van der Waals surface area contributed by atoms with E-state index in [9.17, 15) is 18.0 Å². The molecule has 4 rings (SSSR count). The van der Waals surface area contributed by atoms with Gasteiger partial charge in [-0.3, -0.25) is 4.79 Å². The summed E-state index contributed by atoms with van der Waals surface area (Å²) >= 11 is 0. The van der Waals surface area contributed by atoms with Gasteiger partial charge < -0.3 is 9.47 Å². The third-order valence-corrected chi connectivity index (χ3v) is 8.15. The molecule has 1 fully saturated rings. The van der Waals surface area contributed by atoms with Gasteiger partial charge >= 0.3 is 12.1 Å². The van der Waals surface area contributed by atoms with Gasteiger partial charge in [-0.15, -0.1) is 5.10 Å². The molecule has 0 aliphatic heterocycles. The van der Waals surface area contributed by atoms with Gasteiger partial charge in [-0.1, -0.05) is 48.5 Å². The number of esters is 1. The van der Waals surface area contributed by atoms with Gasteiger partial charge in [-0.2, -0.15) is 13.2 Å².